The van der Waals surface area contributed by atoms with Crippen LogP contribution in [0.15, 0.2) is 24.4 Å². The quantitative estimate of drug-likeness (QED) is 0.470. The largest absolute Gasteiger partial charge is 0.460 e. The Morgan fingerprint density at radius 1 is 1.22 bits per heavy atom. The van der Waals surface area contributed by atoms with Crippen molar-refractivity contribution in [3.8, 4) is 5.19 Å². The zero-order valence-corrected chi connectivity index (χ0v) is 21.7. The van der Waals surface area contributed by atoms with Crippen molar-refractivity contribution in [1.29, 1.82) is 0 Å². The number of amides is 1. The van der Waals surface area contributed by atoms with E-state index in [0.29, 0.717) is 11.5 Å². The molecule has 1 saturated carbocycles. The summed E-state index contributed by atoms with van der Waals surface area (Å²) in [5, 5.41) is 7.75. The van der Waals surface area contributed by atoms with E-state index >= 15 is 0 Å². The van der Waals surface area contributed by atoms with Gasteiger partial charge in [0.15, 0.2) is 6.61 Å². The molecule has 1 fully saturated rings. The standard InChI is InChI=1S/C26H32F3N5O2S/c1-17-15-22-20(3-2-11-34(22)32-17)24(35)30-19-6-4-18(5-7-19)8-12-33-13-9-21-23(10-14-33)37-25(31-21)36-16-26(27,28)29/h2-3,11,15,18-19H,4-10,12-14,16H2,1H3,(H,30,35). The van der Waals surface area contributed by atoms with Gasteiger partial charge in [0.2, 0.25) is 0 Å². The van der Waals surface area contributed by atoms with Crippen LogP contribution in [0.2, 0.25) is 0 Å². The first kappa shape index (κ1) is 26.0. The number of nitrogens with one attached hydrogen (secondary N) is 1. The minimum atomic E-state index is -4.35. The van der Waals surface area contributed by atoms with Crippen molar-refractivity contribution in [2.45, 2.75) is 64.1 Å². The van der Waals surface area contributed by atoms with Crippen molar-refractivity contribution in [1.82, 2.24) is 24.8 Å². The second-order valence-electron chi connectivity index (χ2n) is 10.1. The van der Waals surface area contributed by atoms with Crippen LogP contribution in [0.5, 0.6) is 5.19 Å². The van der Waals surface area contributed by atoms with Gasteiger partial charge in [-0.2, -0.15) is 18.3 Å². The Morgan fingerprint density at radius 3 is 2.78 bits per heavy atom. The molecule has 3 aromatic heterocycles. The van der Waals surface area contributed by atoms with Gasteiger partial charge in [0.05, 0.1) is 22.5 Å². The molecule has 4 heterocycles. The second kappa shape index (κ2) is 11.0. The molecule has 11 heteroatoms. The van der Waals surface area contributed by atoms with E-state index in [1.165, 1.54) is 11.3 Å². The number of nitrogens with zero attached hydrogens (tertiary/aromatic N) is 4. The number of rotatable bonds is 7. The van der Waals surface area contributed by atoms with Crippen molar-refractivity contribution in [2.24, 2.45) is 5.92 Å². The van der Waals surface area contributed by atoms with Crippen LogP contribution in [0.1, 0.15) is 58.7 Å². The average molecular weight is 536 g/mol. The molecule has 0 unspecified atom stereocenters. The number of carbonyl (C=O) groups is 1. The molecule has 1 amide bonds. The van der Waals surface area contributed by atoms with Crippen LogP contribution in [0.4, 0.5) is 13.2 Å². The molecule has 1 N–H and O–H groups in total. The molecule has 0 saturated heterocycles. The molecule has 0 spiro atoms. The van der Waals surface area contributed by atoms with Crippen LogP contribution in [0.3, 0.4) is 0 Å². The van der Waals surface area contributed by atoms with E-state index in [-0.39, 0.29) is 17.1 Å². The highest BCUT2D eigenvalue weighted by Crippen LogP contribution is 2.31. The summed E-state index contributed by atoms with van der Waals surface area (Å²) in [6.45, 7) is 3.39. The minimum Gasteiger partial charge on any atom is -0.460 e. The van der Waals surface area contributed by atoms with Crippen LogP contribution in [0, 0.1) is 12.8 Å². The maximum atomic E-state index is 12.9. The minimum absolute atomic E-state index is 0.0356. The molecular formula is C26H32F3N5O2S. The maximum Gasteiger partial charge on any atom is 0.422 e. The van der Waals surface area contributed by atoms with Gasteiger partial charge in [-0.15, -0.1) is 0 Å². The number of hydrogen-bond donors (Lipinski definition) is 1. The van der Waals surface area contributed by atoms with Gasteiger partial charge in [0, 0.05) is 36.6 Å². The summed E-state index contributed by atoms with van der Waals surface area (Å²) in [5.41, 5.74) is 3.26. The van der Waals surface area contributed by atoms with E-state index in [9.17, 15) is 18.0 Å². The average Bonchev–Trinajstić information content (AvgIpc) is 3.39. The molecule has 0 atom stereocenters. The number of hydrogen-bond acceptors (Lipinski definition) is 6. The highest BCUT2D eigenvalue weighted by atomic mass is 32.1. The number of halogens is 3. The molecule has 0 bridgehead atoms. The number of pyridine rings is 1. The first-order valence-corrected chi connectivity index (χ1v) is 13.7. The van der Waals surface area contributed by atoms with Gasteiger partial charge >= 0.3 is 6.18 Å². The Morgan fingerprint density at radius 2 is 2.00 bits per heavy atom. The smallest absolute Gasteiger partial charge is 0.422 e. The highest BCUT2D eigenvalue weighted by molar-refractivity contribution is 7.13. The lowest BCUT2D eigenvalue weighted by atomic mass is 9.84. The third-order valence-electron chi connectivity index (χ3n) is 7.34. The summed E-state index contributed by atoms with van der Waals surface area (Å²) in [5.74, 6) is 0.610. The number of thiazole rings is 1. The lowest BCUT2D eigenvalue weighted by Gasteiger charge is -2.30. The third kappa shape index (κ3) is 6.62. The van der Waals surface area contributed by atoms with Crippen molar-refractivity contribution >= 4 is 22.8 Å². The molecule has 1 aliphatic heterocycles. The summed E-state index contributed by atoms with van der Waals surface area (Å²) in [6, 6.07) is 5.83. The van der Waals surface area contributed by atoms with E-state index in [1.807, 2.05) is 31.3 Å². The van der Waals surface area contributed by atoms with E-state index in [1.54, 1.807) is 4.52 Å². The molecule has 3 aromatic rings. The first-order chi connectivity index (χ1) is 17.7. The van der Waals surface area contributed by atoms with Crippen LogP contribution < -0.4 is 10.1 Å². The third-order valence-corrected chi connectivity index (χ3v) is 8.41. The Hall–Kier alpha value is -2.66. The van der Waals surface area contributed by atoms with Crippen LogP contribution in [0.25, 0.3) is 5.52 Å². The molecule has 5 rings (SSSR count). The SMILES string of the molecule is Cc1cc2c(C(=O)NC3CCC(CCN4CCc5nc(OCC(F)(F)F)sc5CC4)CC3)cccn2n1. The van der Waals surface area contributed by atoms with Gasteiger partial charge in [0.25, 0.3) is 11.1 Å². The summed E-state index contributed by atoms with van der Waals surface area (Å²) in [6.07, 6.45) is 4.34. The van der Waals surface area contributed by atoms with Gasteiger partial charge in [-0.1, -0.05) is 11.3 Å². The molecule has 2 aliphatic rings. The van der Waals surface area contributed by atoms with Crippen molar-refractivity contribution in [2.75, 3.05) is 26.2 Å². The van der Waals surface area contributed by atoms with Crippen LogP contribution in [-0.4, -0.2) is 63.9 Å². The van der Waals surface area contributed by atoms with Gasteiger partial charge in [-0.25, -0.2) is 9.50 Å². The Bertz CT molecular complexity index is 1210. The normalized spacial score (nSPS) is 21.0. The highest BCUT2D eigenvalue weighted by Gasteiger charge is 2.30. The second-order valence-corrected chi connectivity index (χ2v) is 11.2. The van der Waals surface area contributed by atoms with E-state index in [4.69, 9.17) is 4.74 Å². The lowest BCUT2D eigenvalue weighted by molar-refractivity contribution is -0.153. The molecule has 7 nitrogen and oxygen atoms in total. The van der Waals surface area contributed by atoms with Crippen molar-refractivity contribution < 1.29 is 22.7 Å². The van der Waals surface area contributed by atoms with E-state index in [0.717, 1.165) is 86.4 Å². The maximum absolute atomic E-state index is 12.9. The van der Waals surface area contributed by atoms with Gasteiger partial charge in [0.1, 0.15) is 0 Å². The van der Waals surface area contributed by atoms with Crippen LogP contribution in [-0.2, 0) is 12.8 Å². The fraction of sp³-hybridized carbons (Fsp3) is 0.577. The number of ether oxygens (including phenoxy) is 1. The summed E-state index contributed by atoms with van der Waals surface area (Å²) in [7, 11) is 0. The predicted octanol–water partition coefficient (Wildman–Crippen LogP) is 4.82. The van der Waals surface area contributed by atoms with Gasteiger partial charge in [-0.05, 0) is 76.1 Å². The fourth-order valence-corrected chi connectivity index (χ4v) is 6.31. The zero-order valence-electron chi connectivity index (χ0n) is 20.9. The summed E-state index contributed by atoms with van der Waals surface area (Å²) in [4.78, 5) is 20.7. The van der Waals surface area contributed by atoms with Gasteiger partial charge < -0.3 is 15.0 Å². The van der Waals surface area contributed by atoms with E-state index < -0.39 is 12.8 Å². The number of aryl methyl sites for hydroxylation is 1. The van der Waals surface area contributed by atoms with E-state index in [2.05, 4.69) is 20.3 Å². The first-order valence-electron chi connectivity index (χ1n) is 12.9. The zero-order chi connectivity index (χ0) is 26.0. The van der Waals surface area contributed by atoms with Crippen molar-refractivity contribution in [3.63, 3.8) is 0 Å². The predicted molar refractivity (Wildman–Crippen MR) is 135 cm³/mol. The molecule has 0 aromatic carbocycles. The molecule has 0 radical (unpaired) electrons. The lowest BCUT2D eigenvalue weighted by Crippen LogP contribution is -2.38. The number of alkyl halides is 3. The monoisotopic (exact) mass is 535 g/mol. The number of aromatic nitrogens is 3. The Balaban J connectivity index is 1.04. The molecule has 37 heavy (non-hydrogen) atoms. The van der Waals surface area contributed by atoms with Crippen LogP contribution >= 0.6 is 11.3 Å². The molecule has 1 aliphatic carbocycles. The molecular weight excluding hydrogens is 503 g/mol. The topological polar surface area (TPSA) is 71.8 Å². The van der Waals surface area contributed by atoms with Gasteiger partial charge in [-0.3, -0.25) is 4.79 Å². The summed E-state index contributed by atoms with van der Waals surface area (Å²) < 4.78 is 43.8. The Kier molecular flexibility index (Phi) is 7.71. The molecule has 200 valence electrons. The van der Waals surface area contributed by atoms with Crippen molar-refractivity contribution in [3.05, 3.63) is 46.2 Å². The number of fused-ring (bicyclic) bond motifs is 2. The number of carbonyl (C=O) groups excluding carboxylic acids is 1. The Labute approximate surface area is 218 Å². The summed E-state index contributed by atoms with van der Waals surface area (Å²) >= 11 is 1.24. The fourth-order valence-electron chi connectivity index (χ4n) is 5.37.